The number of nitrogens with two attached hydrogens (primary N) is 1. The van der Waals surface area contributed by atoms with Crippen LogP contribution in [-0.4, -0.2) is 12.5 Å². The van der Waals surface area contributed by atoms with Crippen LogP contribution in [0.5, 0.6) is 0 Å². The summed E-state index contributed by atoms with van der Waals surface area (Å²) in [6.07, 6.45) is 0. The zero-order valence-electron chi connectivity index (χ0n) is 9.76. The average molecular weight is 285 g/mol. The molecule has 0 unspecified atom stereocenters. The molecule has 88 valence electrons. The van der Waals surface area contributed by atoms with E-state index in [1.165, 1.54) is 11.1 Å². The molecule has 0 bridgehead atoms. The summed E-state index contributed by atoms with van der Waals surface area (Å²) < 4.78 is 1.13. The zero-order valence-corrected chi connectivity index (χ0v) is 11.4. The number of hydrazine groups is 1. The molecular weight excluding hydrogens is 268 g/mol. The number of guanidine groups is 1. The number of halogens is 1. The molecule has 0 atom stereocenters. The van der Waals surface area contributed by atoms with E-state index in [0.717, 1.165) is 10.2 Å². The van der Waals surface area contributed by atoms with E-state index in [1.807, 2.05) is 19.1 Å². The number of aryl methyl sites for hydroxylation is 2. The highest BCUT2D eigenvalue weighted by Crippen LogP contribution is 2.24. The van der Waals surface area contributed by atoms with Crippen LogP contribution in [0.3, 0.4) is 0 Å². The monoisotopic (exact) mass is 284 g/mol. The van der Waals surface area contributed by atoms with Crippen LogP contribution in [0, 0.1) is 13.8 Å². The molecule has 4 nitrogen and oxygen atoms in total. The Balaban J connectivity index is 2.94. The largest absolute Gasteiger partial charge is 0.325 e. The molecule has 5 heteroatoms. The van der Waals surface area contributed by atoms with Crippen molar-refractivity contribution in [2.24, 2.45) is 10.8 Å². The number of benzene rings is 1. The molecule has 0 spiro atoms. The Morgan fingerprint density at radius 2 is 1.94 bits per heavy atom. The minimum atomic E-state index is 0.573. The molecule has 0 aliphatic carbocycles. The number of aliphatic imine (C=N–C) groups is 1. The van der Waals surface area contributed by atoms with E-state index in [2.05, 4.69) is 45.5 Å². The maximum absolute atomic E-state index is 5.36. The highest BCUT2D eigenvalue weighted by Gasteiger charge is 2.03. The fourth-order valence-electron chi connectivity index (χ4n) is 1.43. The minimum absolute atomic E-state index is 0.573. The first-order chi connectivity index (χ1) is 7.58. The number of nitrogens with zero attached hydrogens (tertiary/aromatic N) is 1. The third-order valence-electron chi connectivity index (χ3n) is 2.15. The third kappa shape index (κ3) is 3.21. The van der Waals surface area contributed by atoms with Crippen molar-refractivity contribution in [3.05, 3.63) is 27.7 Å². The Morgan fingerprint density at radius 1 is 1.38 bits per heavy atom. The Kier molecular flexibility index (Phi) is 4.76. The fourth-order valence-corrected chi connectivity index (χ4v) is 1.66. The molecule has 0 radical (unpaired) electrons. The molecule has 0 aliphatic heterocycles. The van der Waals surface area contributed by atoms with Gasteiger partial charge in [-0.05, 0) is 44.0 Å². The first-order valence-corrected chi connectivity index (χ1v) is 5.92. The standard InChI is InChI=1S/C11H17BrN4/c1-4-14-11(16-13)15-9-5-7(2)10(12)8(3)6-9/h5-6H,4,13H2,1-3H3,(H2,14,15,16). The second kappa shape index (κ2) is 5.86. The summed E-state index contributed by atoms with van der Waals surface area (Å²) in [7, 11) is 0. The van der Waals surface area contributed by atoms with E-state index in [-0.39, 0.29) is 0 Å². The number of hydrogen-bond acceptors (Lipinski definition) is 2. The maximum Gasteiger partial charge on any atom is 0.210 e. The zero-order chi connectivity index (χ0) is 12.1. The number of hydrogen-bond donors (Lipinski definition) is 3. The highest BCUT2D eigenvalue weighted by atomic mass is 79.9. The predicted octanol–water partition coefficient (Wildman–Crippen LogP) is 2.32. The normalized spacial score (nSPS) is 11.4. The number of rotatable bonds is 2. The lowest BCUT2D eigenvalue weighted by Crippen LogP contribution is -2.36. The predicted molar refractivity (Wildman–Crippen MR) is 72.5 cm³/mol. The van der Waals surface area contributed by atoms with E-state index in [1.54, 1.807) is 0 Å². The molecule has 0 heterocycles. The number of anilines is 1. The van der Waals surface area contributed by atoms with Crippen LogP contribution in [-0.2, 0) is 0 Å². The second-order valence-electron chi connectivity index (χ2n) is 3.52. The number of nitrogens with one attached hydrogen (secondary N) is 2. The minimum Gasteiger partial charge on any atom is -0.325 e. The van der Waals surface area contributed by atoms with Crippen molar-refractivity contribution in [1.29, 1.82) is 0 Å². The lowest BCUT2D eigenvalue weighted by molar-refractivity contribution is 0.986. The summed E-state index contributed by atoms with van der Waals surface area (Å²) >= 11 is 3.53. The van der Waals surface area contributed by atoms with Gasteiger partial charge in [0.1, 0.15) is 0 Å². The molecular formula is C11H17BrN4. The van der Waals surface area contributed by atoms with Crippen molar-refractivity contribution >= 4 is 27.6 Å². The van der Waals surface area contributed by atoms with Crippen LogP contribution in [0.15, 0.2) is 21.6 Å². The first-order valence-electron chi connectivity index (χ1n) is 5.13. The van der Waals surface area contributed by atoms with Crippen molar-refractivity contribution in [2.75, 3.05) is 11.9 Å². The molecule has 4 N–H and O–H groups in total. The molecule has 0 aromatic heterocycles. The summed E-state index contributed by atoms with van der Waals surface area (Å²) in [4.78, 5) is 4.18. The topological polar surface area (TPSA) is 62.4 Å². The van der Waals surface area contributed by atoms with Crippen molar-refractivity contribution in [3.63, 3.8) is 0 Å². The maximum atomic E-state index is 5.36. The Labute approximate surface area is 104 Å². The van der Waals surface area contributed by atoms with Gasteiger partial charge in [0.25, 0.3) is 0 Å². The van der Waals surface area contributed by atoms with Crippen LogP contribution in [0.4, 0.5) is 5.69 Å². The van der Waals surface area contributed by atoms with Gasteiger partial charge in [-0.15, -0.1) is 0 Å². The van der Waals surface area contributed by atoms with E-state index >= 15 is 0 Å². The van der Waals surface area contributed by atoms with Crippen LogP contribution >= 0.6 is 15.9 Å². The summed E-state index contributed by atoms with van der Waals surface area (Å²) in [6.45, 7) is 6.74. The molecule has 0 aliphatic rings. The molecule has 16 heavy (non-hydrogen) atoms. The van der Waals surface area contributed by atoms with E-state index < -0.39 is 0 Å². The van der Waals surface area contributed by atoms with Crippen molar-refractivity contribution in [2.45, 2.75) is 20.8 Å². The van der Waals surface area contributed by atoms with Gasteiger partial charge in [0.05, 0.1) is 0 Å². The molecule has 1 aromatic rings. The van der Waals surface area contributed by atoms with Crippen molar-refractivity contribution in [1.82, 2.24) is 5.43 Å². The lowest BCUT2D eigenvalue weighted by atomic mass is 10.1. The van der Waals surface area contributed by atoms with Gasteiger partial charge in [-0.2, -0.15) is 0 Å². The van der Waals surface area contributed by atoms with E-state index in [9.17, 15) is 0 Å². The molecule has 0 saturated carbocycles. The van der Waals surface area contributed by atoms with Crippen LogP contribution in [0.2, 0.25) is 0 Å². The SMILES string of the molecule is CCN=C(NN)Nc1cc(C)c(Br)c(C)c1. The molecule has 0 saturated heterocycles. The second-order valence-corrected chi connectivity index (χ2v) is 4.31. The van der Waals surface area contributed by atoms with Gasteiger partial charge in [-0.25, -0.2) is 5.84 Å². The van der Waals surface area contributed by atoms with Gasteiger partial charge in [-0.3, -0.25) is 10.4 Å². The summed E-state index contributed by atoms with van der Waals surface area (Å²) in [5, 5.41) is 3.13. The lowest BCUT2D eigenvalue weighted by Gasteiger charge is -2.11. The van der Waals surface area contributed by atoms with Crippen LogP contribution < -0.4 is 16.6 Å². The van der Waals surface area contributed by atoms with Gasteiger partial charge in [-0.1, -0.05) is 15.9 Å². The smallest absolute Gasteiger partial charge is 0.210 e. The molecule has 1 rings (SSSR count). The Morgan fingerprint density at radius 3 is 2.38 bits per heavy atom. The van der Waals surface area contributed by atoms with Crippen LogP contribution in [0.1, 0.15) is 18.1 Å². The summed E-state index contributed by atoms with van der Waals surface area (Å²) in [6, 6.07) is 4.08. The fraction of sp³-hybridized carbons (Fsp3) is 0.364. The molecule has 1 aromatic carbocycles. The Hall–Kier alpha value is -1.07. The van der Waals surface area contributed by atoms with Gasteiger partial charge in [0, 0.05) is 16.7 Å². The summed E-state index contributed by atoms with van der Waals surface area (Å²) in [5.41, 5.74) is 5.86. The average Bonchev–Trinajstić information content (AvgIpc) is 2.25. The van der Waals surface area contributed by atoms with Crippen LogP contribution in [0.25, 0.3) is 0 Å². The molecule has 0 amide bonds. The molecule has 0 fully saturated rings. The van der Waals surface area contributed by atoms with E-state index in [4.69, 9.17) is 5.84 Å². The quantitative estimate of drug-likeness (QED) is 0.338. The summed E-state index contributed by atoms with van der Waals surface area (Å²) in [5.74, 6) is 5.93. The highest BCUT2D eigenvalue weighted by molar-refractivity contribution is 9.10. The van der Waals surface area contributed by atoms with Gasteiger partial charge >= 0.3 is 0 Å². The first kappa shape index (κ1) is 13.0. The van der Waals surface area contributed by atoms with Crippen molar-refractivity contribution in [3.8, 4) is 0 Å². The van der Waals surface area contributed by atoms with Gasteiger partial charge < -0.3 is 5.32 Å². The van der Waals surface area contributed by atoms with Gasteiger partial charge in [0.15, 0.2) is 0 Å². The van der Waals surface area contributed by atoms with E-state index in [0.29, 0.717) is 12.5 Å². The third-order valence-corrected chi connectivity index (χ3v) is 3.40. The van der Waals surface area contributed by atoms with Gasteiger partial charge in [0.2, 0.25) is 5.96 Å². The van der Waals surface area contributed by atoms with Crippen molar-refractivity contribution < 1.29 is 0 Å². The Bertz CT molecular complexity index is 378.